The van der Waals surface area contributed by atoms with Crippen LogP contribution in [0.2, 0.25) is 0 Å². The Hall–Kier alpha value is -2.35. The second-order valence-electron chi connectivity index (χ2n) is 4.07. The highest BCUT2D eigenvalue weighted by atomic mass is 19.4. The van der Waals surface area contributed by atoms with Gasteiger partial charge in [0.1, 0.15) is 5.76 Å². The fourth-order valence-corrected chi connectivity index (χ4v) is 1.59. The van der Waals surface area contributed by atoms with Gasteiger partial charge in [0, 0.05) is 6.20 Å². The van der Waals surface area contributed by atoms with Gasteiger partial charge in [0.05, 0.1) is 18.4 Å². The van der Waals surface area contributed by atoms with E-state index < -0.39 is 23.8 Å². The first-order valence-corrected chi connectivity index (χ1v) is 5.72. The summed E-state index contributed by atoms with van der Waals surface area (Å²) in [4.78, 5) is 14.8. The van der Waals surface area contributed by atoms with E-state index in [1.807, 2.05) is 0 Å². The van der Waals surface area contributed by atoms with E-state index in [4.69, 9.17) is 4.42 Å². The number of furan rings is 1. The number of aliphatic hydroxyl groups excluding tert-OH is 1. The average Bonchev–Trinajstić information content (AvgIpc) is 2.94. The zero-order valence-corrected chi connectivity index (χ0v) is 10.7. The first-order valence-electron chi connectivity index (χ1n) is 5.72. The van der Waals surface area contributed by atoms with Crippen molar-refractivity contribution in [3.8, 4) is 0 Å². The number of pyridine rings is 1. The molecule has 2 heterocycles. The molecular weight excluding hydrogens is 291 g/mol. The van der Waals surface area contributed by atoms with Crippen LogP contribution in [-0.2, 0) is 10.9 Å². The minimum absolute atomic E-state index is 0.0253. The molecule has 1 N–H and O–H groups in total. The van der Waals surface area contributed by atoms with Crippen molar-refractivity contribution in [1.82, 2.24) is 4.98 Å². The third kappa shape index (κ3) is 3.22. The van der Waals surface area contributed by atoms with Crippen LogP contribution in [0.5, 0.6) is 0 Å². The number of carbonyl (C=O) groups is 1. The Morgan fingerprint density at radius 1 is 1.33 bits per heavy atom. The maximum absolute atomic E-state index is 12.4. The highest BCUT2D eigenvalue weighted by Gasteiger charge is 2.31. The molecule has 0 amide bonds. The summed E-state index contributed by atoms with van der Waals surface area (Å²) in [6.45, 7) is 0. The molecule has 112 valence electrons. The number of aromatic nitrogens is 1. The molecule has 0 aliphatic carbocycles. The summed E-state index contributed by atoms with van der Waals surface area (Å²) in [6, 6.07) is 4.44. The Bertz CT molecular complexity index is 634. The molecule has 0 aromatic carbocycles. The average molecular weight is 301 g/mol. The number of nitrogens with zero attached hydrogens (tertiary/aromatic N) is 1. The number of ether oxygens (including phenoxy) is 1. The lowest BCUT2D eigenvalue weighted by Crippen LogP contribution is -2.08. The van der Waals surface area contributed by atoms with Gasteiger partial charge in [-0.2, -0.15) is 13.2 Å². The van der Waals surface area contributed by atoms with Crippen LogP contribution in [0.4, 0.5) is 13.2 Å². The largest absolute Gasteiger partial charge is 0.463 e. The number of esters is 1. The summed E-state index contributed by atoms with van der Waals surface area (Å²) >= 11 is 0. The predicted molar refractivity (Wildman–Crippen MR) is 63.3 cm³/mol. The number of aliphatic hydroxyl groups is 1. The zero-order chi connectivity index (χ0) is 15.6. The monoisotopic (exact) mass is 301 g/mol. The maximum Gasteiger partial charge on any atom is 0.417 e. The molecule has 0 spiro atoms. The summed E-state index contributed by atoms with van der Waals surface area (Å²) in [7, 11) is 1.17. The second-order valence-corrected chi connectivity index (χ2v) is 4.07. The van der Waals surface area contributed by atoms with Crippen molar-refractivity contribution >= 4 is 5.97 Å². The normalized spacial score (nSPS) is 13.0. The van der Waals surface area contributed by atoms with Crippen molar-refractivity contribution in [2.45, 2.75) is 12.3 Å². The van der Waals surface area contributed by atoms with Crippen molar-refractivity contribution in [1.29, 1.82) is 0 Å². The summed E-state index contributed by atoms with van der Waals surface area (Å²) in [6.07, 6.45) is -5.27. The van der Waals surface area contributed by atoms with Gasteiger partial charge in [0.2, 0.25) is 5.76 Å². The van der Waals surface area contributed by atoms with Crippen molar-refractivity contribution in [2.24, 2.45) is 0 Å². The number of hydrogen-bond donors (Lipinski definition) is 1. The smallest absolute Gasteiger partial charge is 0.417 e. The topological polar surface area (TPSA) is 72.6 Å². The number of hydrogen-bond acceptors (Lipinski definition) is 5. The highest BCUT2D eigenvalue weighted by Crippen LogP contribution is 2.30. The van der Waals surface area contributed by atoms with Crippen LogP contribution in [0.15, 0.2) is 34.9 Å². The fourth-order valence-electron chi connectivity index (χ4n) is 1.59. The molecule has 0 fully saturated rings. The fraction of sp³-hybridized carbons (Fsp3) is 0.231. The van der Waals surface area contributed by atoms with E-state index in [9.17, 15) is 23.1 Å². The standard InChI is InChI=1S/C13H10F3NO4/c1-20-12(19)10-5-4-9(21-10)11(18)8-3-2-7(6-17-8)13(14,15)16/h2-6,11,18H,1H3. The molecule has 0 radical (unpaired) electrons. The molecular formula is C13H10F3NO4. The first-order chi connectivity index (χ1) is 9.82. The first kappa shape index (κ1) is 15.0. The molecule has 0 saturated heterocycles. The third-order valence-electron chi connectivity index (χ3n) is 2.68. The zero-order valence-electron chi connectivity index (χ0n) is 10.7. The van der Waals surface area contributed by atoms with Gasteiger partial charge in [0.25, 0.3) is 0 Å². The Labute approximate surface area is 117 Å². The van der Waals surface area contributed by atoms with Gasteiger partial charge in [-0.05, 0) is 24.3 Å². The third-order valence-corrected chi connectivity index (χ3v) is 2.68. The Kier molecular flexibility index (Phi) is 3.99. The van der Waals surface area contributed by atoms with Crippen molar-refractivity contribution in [2.75, 3.05) is 7.11 Å². The molecule has 2 rings (SSSR count). The minimum atomic E-state index is -4.50. The summed E-state index contributed by atoms with van der Waals surface area (Å²) < 4.78 is 46.7. The molecule has 0 aliphatic heterocycles. The second kappa shape index (κ2) is 5.57. The van der Waals surface area contributed by atoms with Crippen LogP contribution in [-0.4, -0.2) is 23.2 Å². The number of alkyl halides is 3. The highest BCUT2D eigenvalue weighted by molar-refractivity contribution is 5.86. The predicted octanol–water partition coefficient (Wildman–Crippen LogP) is 2.56. The Balaban J connectivity index is 2.22. The number of rotatable bonds is 3. The molecule has 21 heavy (non-hydrogen) atoms. The molecule has 2 aromatic rings. The van der Waals surface area contributed by atoms with Crippen LogP contribution in [0.25, 0.3) is 0 Å². The molecule has 0 bridgehead atoms. The van der Waals surface area contributed by atoms with E-state index in [2.05, 4.69) is 9.72 Å². The lowest BCUT2D eigenvalue weighted by Gasteiger charge is -2.09. The lowest BCUT2D eigenvalue weighted by atomic mass is 10.1. The van der Waals surface area contributed by atoms with E-state index >= 15 is 0 Å². The van der Waals surface area contributed by atoms with Crippen LogP contribution in [0, 0.1) is 0 Å². The molecule has 5 nitrogen and oxygen atoms in total. The number of halogens is 3. The van der Waals surface area contributed by atoms with Gasteiger partial charge in [-0.1, -0.05) is 0 Å². The van der Waals surface area contributed by atoms with Gasteiger partial charge in [-0.3, -0.25) is 4.98 Å². The number of carbonyl (C=O) groups excluding carboxylic acids is 1. The van der Waals surface area contributed by atoms with E-state index in [1.54, 1.807) is 0 Å². The van der Waals surface area contributed by atoms with E-state index in [1.165, 1.54) is 19.2 Å². The molecule has 1 unspecified atom stereocenters. The van der Waals surface area contributed by atoms with Crippen molar-refractivity contribution in [3.63, 3.8) is 0 Å². The van der Waals surface area contributed by atoms with E-state index in [0.29, 0.717) is 6.20 Å². The molecule has 0 saturated carbocycles. The van der Waals surface area contributed by atoms with Crippen LogP contribution in [0.1, 0.15) is 33.7 Å². The van der Waals surface area contributed by atoms with E-state index in [-0.39, 0.29) is 17.2 Å². The summed E-state index contributed by atoms with van der Waals surface area (Å²) in [5.41, 5.74) is -0.957. The van der Waals surface area contributed by atoms with Crippen LogP contribution < -0.4 is 0 Å². The Morgan fingerprint density at radius 3 is 2.57 bits per heavy atom. The van der Waals surface area contributed by atoms with Gasteiger partial charge in [-0.25, -0.2) is 4.79 Å². The summed E-state index contributed by atoms with van der Waals surface area (Å²) in [5, 5.41) is 9.96. The Morgan fingerprint density at radius 2 is 2.05 bits per heavy atom. The number of methoxy groups -OCH3 is 1. The van der Waals surface area contributed by atoms with Gasteiger partial charge in [-0.15, -0.1) is 0 Å². The SMILES string of the molecule is COC(=O)c1ccc(C(O)c2ccc(C(F)(F)F)cn2)o1. The molecule has 0 aliphatic rings. The molecule has 8 heteroatoms. The minimum Gasteiger partial charge on any atom is -0.463 e. The van der Waals surface area contributed by atoms with Crippen LogP contribution in [0.3, 0.4) is 0 Å². The van der Waals surface area contributed by atoms with E-state index in [0.717, 1.165) is 12.1 Å². The van der Waals surface area contributed by atoms with Crippen molar-refractivity contribution < 1.29 is 32.2 Å². The molecule has 2 aromatic heterocycles. The molecule has 1 atom stereocenters. The lowest BCUT2D eigenvalue weighted by molar-refractivity contribution is -0.137. The van der Waals surface area contributed by atoms with Gasteiger partial charge < -0.3 is 14.3 Å². The maximum atomic E-state index is 12.4. The van der Waals surface area contributed by atoms with Gasteiger partial charge in [0.15, 0.2) is 6.10 Å². The van der Waals surface area contributed by atoms with Gasteiger partial charge >= 0.3 is 12.1 Å². The summed E-state index contributed by atoms with van der Waals surface area (Å²) in [5.74, 6) is -0.880. The van der Waals surface area contributed by atoms with Crippen molar-refractivity contribution in [3.05, 3.63) is 53.2 Å². The van der Waals surface area contributed by atoms with Crippen LogP contribution >= 0.6 is 0 Å². The quantitative estimate of drug-likeness (QED) is 0.882.